The van der Waals surface area contributed by atoms with Crippen LogP contribution in [0.2, 0.25) is 0 Å². The molecule has 2 rings (SSSR count). The smallest absolute Gasteiger partial charge is 0.383 e. The third-order valence-corrected chi connectivity index (χ3v) is 3.20. The van der Waals surface area contributed by atoms with Gasteiger partial charge in [0.15, 0.2) is 5.69 Å². The average molecular weight is 311 g/mol. The molecule has 0 radical (unpaired) electrons. The first kappa shape index (κ1) is 15.9. The number of benzene rings is 1. The van der Waals surface area contributed by atoms with Crippen LogP contribution in [0.1, 0.15) is 5.69 Å². The Morgan fingerprint density at radius 2 is 1.86 bits per heavy atom. The van der Waals surface area contributed by atoms with Gasteiger partial charge in [-0.1, -0.05) is 12.1 Å². The van der Waals surface area contributed by atoms with Gasteiger partial charge in [-0.05, 0) is 17.7 Å². The van der Waals surface area contributed by atoms with Gasteiger partial charge in [-0.25, -0.2) is 4.68 Å². The molecule has 118 valence electrons. The Labute approximate surface area is 125 Å². The first-order chi connectivity index (χ1) is 10.3. The lowest BCUT2D eigenvalue weighted by Crippen LogP contribution is -2.10. The van der Waals surface area contributed by atoms with Crippen molar-refractivity contribution in [2.75, 3.05) is 24.7 Å². The topological polar surface area (TPSA) is 70.9 Å². The summed E-state index contributed by atoms with van der Waals surface area (Å²) < 4.78 is 40.5. The molecule has 0 unspecified atom stereocenters. The van der Waals surface area contributed by atoms with Crippen molar-refractivity contribution in [2.24, 2.45) is 0 Å². The monoisotopic (exact) mass is 311 g/mol. The summed E-state index contributed by atoms with van der Waals surface area (Å²) >= 11 is 0. The van der Waals surface area contributed by atoms with Crippen molar-refractivity contribution >= 4 is 17.7 Å². The zero-order valence-electron chi connectivity index (χ0n) is 12.1. The van der Waals surface area contributed by atoms with E-state index < -0.39 is 11.9 Å². The highest BCUT2D eigenvalue weighted by Crippen LogP contribution is 2.40. The molecule has 2 aromatic rings. The van der Waals surface area contributed by atoms with Gasteiger partial charge in [0.25, 0.3) is 0 Å². The number of rotatable bonds is 4. The molecule has 22 heavy (non-hydrogen) atoms. The van der Waals surface area contributed by atoms with Crippen LogP contribution in [0.5, 0.6) is 0 Å². The molecule has 5 nitrogen and oxygen atoms in total. The molecule has 1 aromatic heterocycles. The van der Waals surface area contributed by atoms with Crippen LogP contribution in [0.25, 0.3) is 11.1 Å². The van der Waals surface area contributed by atoms with E-state index in [0.717, 1.165) is 16.6 Å². The van der Waals surface area contributed by atoms with Crippen molar-refractivity contribution < 1.29 is 13.2 Å². The maximum atomic E-state index is 13.2. The number of hydrogen-bond donors (Lipinski definition) is 2. The predicted octanol–water partition coefficient (Wildman–Crippen LogP) is 2.87. The predicted molar refractivity (Wildman–Crippen MR) is 80.2 cm³/mol. The number of nitrogens with zero attached hydrogens (tertiary/aromatic N) is 3. The van der Waals surface area contributed by atoms with Crippen molar-refractivity contribution in [3.05, 3.63) is 30.0 Å². The van der Waals surface area contributed by atoms with Crippen molar-refractivity contribution in [2.45, 2.75) is 12.7 Å². The van der Waals surface area contributed by atoms with E-state index in [1.54, 1.807) is 24.3 Å². The minimum atomic E-state index is -4.61. The molecule has 1 heterocycles. The Morgan fingerprint density at radius 1 is 1.27 bits per heavy atom. The highest BCUT2D eigenvalue weighted by Gasteiger charge is 2.39. The van der Waals surface area contributed by atoms with Gasteiger partial charge in [0.05, 0.1) is 12.1 Å². The zero-order chi connectivity index (χ0) is 16.5. The Kier molecular flexibility index (Phi) is 4.11. The fourth-order valence-electron chi connectivity index (χ4n) is 2.11. The number of nitrogen functional groups attached to an aromatic ring is 1. The molecule has 0 saturated carbocycles. The van der Waals surface area contributed by atoms with E-state index in [1.807, 2.05) is 19.0 Å². The van der Waals surface area contributed by atoms with Gasteiger partial charge >= 0.3 is 6.18 Å². The second-order valence-corrected chi connectivity index (χ2v) is 4.93. The summed E-state index contributed by atoms with van der Waals surface area (Å²) in [6.07, 6.45) is -3.67. The van der Waals surface area contributed by atoms with Crippen LogP contribution in [0.15, 0.2) is 24.3 Å². The Balaban J connectivity index is 2.59. The number of alkyl halides is 3. The van der Waals surface area contributed by atoms with E-state index in [2.05, 4.69) is 5.10 Å². The van der Waals surface area contributed by atoms with Crippen molar-refractivity contribution in [1.82, 2.24) is 9.78 Å². The van der Waals surface area contributed by atoms with E-state index in [0.29, 0.717) is 5.56 Å². The molecule has 1 aromatic carbocycles. The quantitative estimate of drug-likeness (QED) is 0.853. The number of hydrogen-bond acceptors (Lipinski definition) is 4. The Morgan fingerprint density at radius 3 is 2.32 bits per heavy atom. The fourth-order valence-corrected chi connectivity index (χ4v) is 2.11. The van der Waals surface area contributed by atoms with Gasteiger partial charge in [0.1, 0.15) is 5.82 Å². The lowest BCUT2D eigenvalue weighted by atomic mass is 10.0. The number of aromatic nitrogens is 2. The number of nitrogens with two attached hydrogens (primary N) is 1. The van der Waals surface area contributed by atoms with E-state index in [9.17, 15) is 13.2 Å². The molecule has 3 N–H and O–H groups in total. The SMILES string of the molecule is CN(C)c1ccc(-c2c(C(F)(F)F)nn(CC=N)c2N)cc1. The lowest BCUT2D eigenvalue weighted by molar-refractivity contribution is -0.141. The molecular weight excluding hydrogens is 295 g/mol. The molecule has 0 saturated heterocycles. The minimum absolute atomic E-state index is 0.103. The molecular formula is C14H16F3N5. The maximum Gasteiger partial charge on any atom is 0.435 e. The summed E-state index contributed by atoms with van der Waals surface area (Å²) in [5.74, 6) is -0.103. The van der Waals surface area contributed by atoms with E-state index in [-0.39, 0.29) is 17.9 Å². The highest BCUT2D eigenvalue weighted by molar-refractivity contribution is 5.78. The summed E-state index contributed by atoms with van der Waals surface area (Å²) in [6, 6.07) is 6.57. The van der Waals surface area contributed by atoms with Crippen molar-refractivity contribution in [3.63, 3.8) is 0 Å². The molecule has 8 heteroatoms. The molecule has 0 aliphatic carbocycles. The Hall–Kier alpha value is -2.51. The van der Waals surface area contributed by atoms with Crippen molar-refractivity contribution in [3.8, 4) is 11.1 Å². The molecule has 0 atom stereocenters. The molecule has 0 aliphatic rings. The molecule has 0 fully saturated rings. The van der Waals surface area contributed by atoms with E-state index in [4.69, 9.17) is 11.1 Å². The maximum absolute atomic E-state index is 13.2. The average Bonchev–Trinajstić information content (AvgIpc) is 2.77. The summed E-state index contributed by atoms with van der Waals surface area (Å²) in [5, 5.41) is 10.5. The normalized spacial score (nSPS) is 11.5. The van der Waals surface area contributed by atoms with Crippen LogP contribution in [-0.4, -0.2) is 30.1 Å². The highest BCUT2D eigenvalue weighted by atomic mass is 19.4. The summed E-state index contributed by atoms with van der Waals surface area (Å²) in [6.45, 7) is -0.106. The van der Waals surface area contributed by atoms with Crippen LogP contribution in [0, 0.1) is 5.41 Å². The number of nitrogens with one attached hydrogen (secondary N) is 1. The number of halogens is 3. The van der Waals surface area contributed by atoms with Gasteiger partial charge in [-0.15, -0.1) is 0 Å². The lowest BCUT2D eigenvalue weighted by Gasteiger charge is -2.13. The van der Waals surface area contributed by atoms with Gasteiger partial charge < -0.3 is 16.0 Å². The first-order valence-corrected chi connectivity index (χ1v) is 6.46. The van der Waals surface area contributed by atoms with Crippen LogP contribution in [-0.2, 0) is 12.7 Å². The second-order valence-electron chi connectivity index (χ2n) is 4.93. The third-order valence-electron chi connectivity index (χ3n) is 3.20. The van der Waals surface area contributed by atoms with E-state index in [1.165, 1.54) is 0 Å². The van der Waals surface area contributed by atoms with E-state index >= 15 is 0 Å². The summed E-state index contributed by atoms with van der Waals surface area (Å²) in [4.78, 5) is 1.84. The first-order valence-electron chi connectivity index (χ1n) is 6.46. The van der Waals surface area contributed by atoms with Crippen LogP contribution < -0.4 is 10.6 Å². The standard InChI is InChI=1S/C14H16F3N5/c1-21(2)10-5-3-9(4-6-10)11-12(14(15,16)17)20-22(8-7-18)13(11)19/h3-7,18H,8,19H2,1-2H3. The fraction of sp³-hybridized carbons (Fsp3) is 0.286. The van der Waals surface area contributed by atoms with Crippen LogP contribution in [0.4, 0.5) is 24.7 Å². The second kappa shape index (κ2) is 5.70. The number of anilines is 2. The molecule has 0 aliphatic heterocycles. The largest absolute Gasteiger partial charge is 0.435 e. The third kappa shape index (κ3) is 2.90. The summed E-state index contributed by atoms with van der Waals surface area (Å²) in [5.41, 5.74) is 5.82. The zero-order valence-corrected chi connectivity index (χ0v) is 12.1. The van der Waals surface area contributed by atoms with Crippen LogP contribution in [0.3, 0.4) is 0 Å². The minimum Gasteiger partial charge on any atom is -0.383 e. The van der Waals surface area contributed by atoms with Crippen LogP contribution >= 0.6 is 0 Å². The summed E-state index contributed by atoms with van der Waals surface area (Å²) in [7, 11) is 3.68. The molecule has 0 bridgehead atoms. The molecule has 0 amide bonds. The van der Waals surface area contributed by atoms with Gasteiger partial charge in [0.2, 0.25) is 0 Å². The van der Waals surface area contributed by atoms with Crippen molar-refractivity contribution in [1.29, 1.82) is 5.41 Å². The Bertz CT molecular complexity index is 671. The molecule has 0 spiro atoms. The van der Waals surface area contributed by atoms with Gasteiger partial charge in [-0.3, -0.25) is 0 Å². The van der Waals surface area contributed by atoms with Gasteiger partial charge in [0, 0.05) is 26.0 Å². The van der Waals surface area contributed by atoms with Gasteiger partial charge in [-0.2, -0.15) is 18.3 Å².